The molecule has 0 N–H and O–H groups in total. The standard InChI is InChI=1S/C29H18/c1-4-12-23-19(9-1)20-10-2-5-13-24(20)28(23)26-17-16-18-8-7-15-22-21-11-3-6-14-25(21)29(26)27(18)22/h1-17,28H. The van der Waals surface area contributed by atoms with Crippen LogP contribution in [0, 0.1) is 0 Å². The van der Waals surface area contributed by atoms with Gasteiger partial charge in [0.15, 0.2) is 0 Å². The van der Waals surface area contributed by atoms with Gasteiger partial charge < -0.3 is 0 Å². The van der Waals surface area contributed by atoms with Gasteiger partial charge in [0.25, 0.3) is 0 Å². The van der Waals surface area contributed by atoms with Crippen LogP contribution in [-0.2, 0) is 0 Å². The van der Waals surface area contributed by atoms with Gasteiger partial charge in [-0.15, -0.1) is 0 Å². The first-order valence-electron chi connectivity index (χ1n) is 10.3. The van der Waals surface area contributed by atoms with Gasteiger partial charge in [0.2, 0.25) is 0 Å². The predicted octanol–water partition coefficient (Wildman–Crippen LogP) is 7.65. The topological polar surface area (TPSA) is 0 Å². The molecule has 5 aromatic rings. The average Bonchev–Trinajstić information content (AvgIpc) is 3.30. The maximum absolute atomic E-state index is 2.37. The highest BCUT2D eigenvalue weighted by Crippen LogP contribution is 2.55. The molecular weight excluding hydrogens is 348 g/mol. The number of fused-ring (bicyclic) bond motifs is 6. The van der Waals surface area contributed by atoms with Crippen molar-refractivity contribution in [2.75, 3.05) is 0 Å². The zero-order chi connectivity index (χ0) is 18.9. The largest absolute Gasteiger partial charge is 0.0619 e. The van der Waals surface area contributed by atoms with Crippen LogP contribution in [0.1, 0.15) is 22.6 Å². The van der Waals surface area contributed by atoms with Crippen molar-refractivity contribution in [2.45, 2.75) is 5.92 Å². The van der Waals surface area contributed by atoms with Gasteiger partial charge in [0, 0.05) is 5.92 Å². The van der Waals surface area contributed by atoms with E-state index < -0.39 is 0 Å². The molecule has 0 nitrogen and oxygen atoms in total. The van der Waals surface area contributed by atoms with Crippen molar-refractivity contribution >= 4 is 10.8 Å². The Kier molecular flexibility index (Phi) is 2.88. The average molecular weight is 366 g/mol. The van der Waals surface area contributed by atoms with Crippen molar-refractivity contribution < 1.29 is 0 Å². The minimum atomic E-state index is 0.279. The number of rotatable bonds is 1. The molecule has 2 aliphatic carbocycles. The van der Waals surface area contributed by atoms with Gasteiger partial charge in [-0.3, -0.25) is 0 Å². The quantitative estimate of drug-likeness (QED) is 0.280. The lowest BCUT2D eigenvalue weighted by atomic mass is 9.83. The van der Waals surface area contributed by atoms with E-state index in [0.29, 0.717) is 0 Å². The Hall–Kier alpha value is -3.64. The molecular formula is C29H18. The molecule has 29 heavy (non-hydrogen) atoms. The zero-order valence-electron chi connectivity index (χ0n) is 15.9. The molecule has 7 rings (SSSR count). The molecule has 0 saturated heterocycles. The van der Waals surface area contributed by atoms with Crippen LogP contribution in [-0.4, -0.2) is 0 Å². The number of hydrogen-bond acceptors (Lipinski definition) is 0. The molecule has 0 bridgehead atoms. The monoisotopic (exact) mass is 366 g/mol. The summed E-state index contributed by atoms with van der Waals surface area (Å²) in [6, 6.07) is 38.1. The van der Waals surface area contributed by atoms with Crippen molar-refractivity contribution in [2.24, 2.45) is 0 Å². The number of benzene rings is 5. The molecule has 0 spiro atoms. The van der Waals surface area contributed by atoms with E-state index in [4.69, 9.17) is 0 Å². The van der Waals surface area contributed by atoms with Crippen molar-refractivity contribution in [3.8, 4) is 33.4 Å². The summed E-state index contributed by atoms with van der Waals surface area (Å²) in [5.41, 5.74) is 12.5. The predicted molar refractivity (Wildman–Crippen MR) is 121 cm³/mol. The third kappa shape index (κ3) is 1.89. The third-order valence-corrected chi connectivity index (χ3v) is 6.71. The Morgan fingerprint density at radius 1 is 0.379 bits per heavy atom. The maximum Gasteiger partial charge on any atom is 0.0358 e. The molecule has 0 unspecified atom stereocenters. The molecule has 0 amide bonds. The molecule has 0 fully saturated rings. The van der Waals surface area contributed by atoms with Gasteiger partial charge in [-0.2, -0.15) is 0 Å². The molecule has 5 aromatic carbocycles. The van der Waals surface area contributed by atoms with Gasteiger partial charge in [-0.05, 0) is 60.8 Å². The Morgan fingerprint density at radius 3 is 1.69 bits per heavy atom. The van der Waals surface area contributed by atoms with Crippen molar-refractivity contribution in [1.29, 1.82) is 0 Å². The highest BCUT2D eigenvalue weighted by atomic mass is 14.4. The second kappa shape index (κ2) is 5.46. The molecule has 2 aliphatic rings. The molecule has 0 heterocycles. The van der Waals surface area contributed by atoms with Crippen LogP contribution >= 0.6 is 0 Å². The van der Waals surface area contributed by atoms with Crippen LogP contribution in [0.25, 0.3) is 44.2 Å². The van der Waals surface area contributed by atoms with Gasteiger partial charge >= 0.3 is 0 Å². The Labute approximate surface area is 170 Å². The van der Waals surface area contributed by atoms with E-state index in [2.05, 4.69) is 103 Å². The Bertz CT molecular complexity index is 1410. The van der Waals surface area contributed by atoms with Crippen LogP contribution in [0.2, 0.25) is 0 Å². The van der Waals surface area contributed by atoms with E-state index in [-0.39, 0.29) is 5.92 Å². The van der Waals surface area contributed by atoms with Crippen molar-refractivity contribution in [3.63, 3.8) is 0 Å². The van der Waals surface area contributed by atoms with Crippen LogP contribution in [0.5, 0.6) is 0 Å². The molecule has 0 atom stereocenters. The van der Waals surface area contributed by atoms with E-state index in [0.717, 1.165) is 0 Å². The summed E-state index contributed by atoms with van der Waals surface area (Å²) in [7, 11) is 0. The van der Waals surface area contributed by atoms with E-state index in [9.17, 15) is 0 Å². The van der Waals surface area contributed by atoms with Crippen molar-refractivity contribution in [1.82, 2.24) is 0 Å². The molecule has 134 valence electrons. The molecule has 0 aromatic heterocycles. The van der Waals surface area contributed by atoms with Gasteiger partial charge in [0.1, 0.15) is 0 Å². The Balaban J connectivity index is 1.62. The van der Waals surface area contributed by atoms with Crippen molar-refractivity contribution in [3.05, 3.63) is 120 Å². The lowest BCUT2D eigenvalue weighted by molar-refractivity contribution is 1.02. The fourth-order valence-electron chi connectivity index (χ4n) is 5.58. The number of hydrogen-bond donors (Lipinski definition) is 0. The minimum Gasteiger partial charge on any atom is -0.0619 e. The van der Waals surface area contributed by atoms with Crippen LogP contribution in [0.15, 0.2) is 103 Å². The highest BCUT2D eigenvalue weighted by molar-refractivity contribution is 6.16. The zero-order valence-corrected chi connectivity index (χ0v) is 15.9. The summed E-state index contributed by atoms with van der Waals surface area (Å²) in [6.45, 7) is 0. The maximum atomic E-state index is 2.37. The first-order chi connectivity index (χ1) is 14.4. The lowest BCUT2D eigenvalue weighted by Crippen LogP contribution is -2.01. The molecule has 0 aliphatic heterocycles. The summed E-state index contributed by atoms with van der Waals surface area (Å²) < 4.78 is 0. The smallest absolute Gasteiger partial charge is 0.0358 e. The molecule has 0 radical (unpaired) electrons. The SMILES string of the molecule is c1ccc2c(c1)-c1cccc3ccc(C4c5ccccc5-c5ccccc54)c-2c13. The van der Waals surface area contributed by atoms with Crippen LogP contribution < -0.4 is 0 Å². The lowest BCUT2D eigenvalue weighted by Gasteiger charge is -2.19. The summed E-state index contributed by atoms with van der Waals surface area (Å²) in [6.07, 6.45) is 0. The second-order valence-corrected chi connectivity index (χ2v) is 8.09. The second-order valence-electron chi connectivity index (χ2n) is 8.09. The van der Waals surface area contributed by atoms with E-state index in [1.165, 1.54) is 60.8 Å². The summed E-state index contributed by atoms with van der Waals surface area (Å²) >= 11 is 0. The molecule has 0 saturated carbocycles. The third-order valence-electron chi connectivity index (χ3n) is 6.71. The summed E-state index contributed by atoms with van der Waals surface area (Å²) in [5.74, 6) is 0.279. The van der Waals surface area contributed by atoms with Crippen LogP contribution in [0.4, 0.5) is 0 Å². The molecule has 0 heteroatoms. The minimum absolute atomic E-state index is 0.279. The van der Waals surface area contributed by atoms with E-state index in [1.54, 1.807) is 0 Å². The summed E-state index contributed by atoms with van der Waals surface area (Å²) in [4.78, 5) is 0. The van der Waals surface area contributed by atoms with E-state index in [1.807, 2.05) is 0 Å². The first kappa shape index (κ1) is 15.3. The van der Waals surface area contributed by atoms with Crippen LogP contribution in [0.3, 0.4) is 0 Å². The van der Waals surface area contributed by atoms with Gasteiger partial charge in [0.05, 0.1) is 0 Å². The van der Waals surface area contributed by atoms with Gasteiger partial charge in [-0.25, -0.2) is 0 Å². The Morgan fingerprint density at radius 2 is 0.966 bits per heavy atom. The van der Waals surface area contributed by atoms with E-state index >= 15 is 0 Å². The fourth-order valence-corrected chi connectivity index (χ4v) is 5.58. The fraction of sp³-hybridized carbons (Fsp3) is 0.0345. The normalized spacial score (nSPS) is 13.4. The first-order valence-corrected chi connectivity index (χ1v) is 10.3. The summed E-state index contributed by atoms with van der Waals surface area (Å²) in [5, 5.41) is 2.74. The highest BCUT2D eigenvalue weighted by Gasteiger charge is 2.33. The van der Waals surface area contributed by atoms with Gasteiger partial charge in [-0.1, -0.05) is 103 Å².